The summed E-state index contributed by atoms with van der Waals surface area (Å²) < 4.78 is 21.7. The van der Waals surface area contributed by atoms with Gasteiger partial charge in [0.25, 0.3) is 5.91 Å². The maximum Gasteiger partial charge on any atom is 0.284 e. The van der Waals surface area contributed by atoms with Gasteiger partial charge >= 0.3 is 0 Å². The van der Waals surface area contributed by atoms with Gasteiger partial charge in [0.15, 0.2) is 23.0 Å². The molecule has 27 heavy (non-hydrogen) atoms. The quantitative estimate of drug-likeness (QED) is 0.625. The van der Waals surface area contributed by atoms with Crippen molar-refractivity contribution in [3.05, 3.63) is 48.0 Å². The lowest BCUT2D eigenvalue weighted by atomic mass is 10.1. The number of hydrogen-bond acceptors (Lipinski definition) is 6. The second-order valence-electron chi connectivity index (χ2n) is 6.05. The molecule has 2 aromatic rings. The Hall–Kier alpha value is -3.22. The van der Waals surface area contributed by atoms with Crippen molar-refractivity contribution in [3.8, 4) is 23.0 Å². The van der Waals surface area contributed by atoms with Gasteiger partial charge in [-0.15, -0.1) is 0 Å². The van der Waals surface area contributed by atoms with E-state index in [1.165, 1.54) is 0 Å². The number of carbonyl (C=O) groups is 1. The number of rotatable bonds is 6. The van der Waals surface area contributed by atoms with Gasteiger partial charge < -0.3 is 18.9 Å². The van der Waals surface area contributed by atoms with Gasteiger partial charge in [0.1, 0.15) is 6.61 Å². The second kappa shape index (κ2) is 8.44. The van der Waals surface area contributed by atoms with Crippen LogP contribution in [0.1, 0.15) is 12.5 Å². The Kier molecular flexibility index (Phi) is 5.80. The van der Waals surface area contributed by atoms with Crippen molar-refractivity contribution in [1.29, 1.82) is 0 Å². The molecule has 0 bridgehead atoms. The van der Waals surface area contributed by atoms with Crippen LogP contribution >= 0.6 is 0 Å². The highest BCUT2D eigenvalue weighted by atomic mass is 16.6. The molecular weight excluding hydrogens is 348 g/mol. The van der Waals surface area contributed by atoms with Gasteiger partial charge in [0, 0.05) is 12.1 Å². The minimum absolute atomic E-state index is 0.146. The number of carbonyl (C=O) groups excluding carboxylic acids is 1. The largest absolute Gasteiger partial charge is 0.493 e. The topological polar surface area (TPSA) is 78.4 Å². The van der Waals surface area contributed by atoms with E-state index < -0.39 is 6.10 Å². The molecule has 1 aliphatic heterocycles. The first kappa shape index (κ1) is 18.6. The number of nitrogens with one attached hydrogen (secondary N) is 1. The van der Waals surface area contributed by atoms with E-state index in [9.17, 15) is 4.79 Å². The molecule has 3 rings (SSSR count). The minimum Gasteiger partial charge on any atom is -0.493 e. The molecule has 0 aliphatic carbocycles. The summed E-state index contributed by atoms with van der Waals surface area (Å²) in [5.74, 6) is 2.15. The Bertz CT molecular complexity index is 850. The molecular formula is C20H22N2O5. The first-order valence-electron chi connectivity index (χ1n) is 8.53. The van der Waals surface area contributed by atoms with Crippen LogP contribution in [0.25, 0.3) is 0 Å². The first-order valence-corrected chi connectivity index (χ1v) is 8.53. The van der Waals surface area contributed by atoms with Crippen molar-refractivity contribution in [1.82, 2.24) is 5.43 Å². The highest BCUT2D eigenvalue weighted by molar-refractivity contribution is 5.87. The number of hydrazone groups is 1. The monoisotopic (exact) mass is 370 g/mol. The Morgan fingerprint density at radius 2 is 1.89 bits per heavy atom. The van der Waals surface area contributed by atoms with E-state index in [1.807, 2.05) is 37.3 Å². The number of fused-ring (bicyclic) bond motifs is 1. The van der Waals surface area contributed by atoms with Gasteiger partial charge in [-0.3, -0.25) is 4.79 Å². The molecule has 1 N–H and O–H groups in total. The summed E-state index contributed by atoms with van der Waals surface area (Å²) in [4.78, 5) is 12.3. The third-order valence-corrected chi connectivity index (χ3v) is 4.07. The molecule has 0 saturated carbocycles. The molecule has 142 valence electrons. The molecule has 1 aliphatic rings. The van der Waals surface area contributed by atoms with Crippen molar-refractivity contribution < 1.29 is 23.7 Å². The second-order valence-corrected chi connectivity index (χ2v) is 6.05. The van der Waals surface area contributed by atoms with Gasteiger partial charge in [-0.05, 0) is 36.8 Å². The van der Waals surface area contributed by atoms with Crippen molar-refractivity contribution >= 4 is 11.6 Å². The maximum absolute atomic E-state index is 12.3. The van der Waals surface area contributed by atoms with Crippen LogP contribution < -0.4 is 24.4 Å². The number of amides is 1. The number of benzene rings is 2. The summed E-state index contributed by atoms with van der Waals surface area (Å²) in [6.45, 7) is 1.98. The van der Waals surface area contributed by atoms with Crippen LogP contribution in [0.3, 0.4) is 0 Å². The van der Waals surface area contributed by atoms with E-state index in [0.717, 1.165) is 11.3 Å². The number of methoxy groups -OCH3 is 2. The fourth-order valence-electron chi connectivity index (χ4n) is 2.70. The average Bonchev–Trinajstić information content (AvgIpc) is 2.71. The molecule has 0 saturated heterocycles. The zero-order valence-electron chi connectivity index (χ0n) is 15.5. The molecule has 7 heteroatoms. The van der Waals surface area contributed by atoms with E-state index in [-0.39, 0.29) is 12.5 Å². The SMILES string of the molecule is COc1ccc(C/C(C)=N\NC(=O)[C@@H]2COc3ccccc3O2)cc1OC. The minimum atomic E-state index is -0.738. The van der Waals surface area contributed by atoms with Crippen LogP contribution in [0.4, 0.5) is 0 Å². The van der Waals surface area contributed by atoms with Gasteiger partial charge in [-0.25, -0.2) is 5.43 Å². The lowest BCUT2D eigenvalue weighted by Crippen LogP contribution is -2.42. The predicted molar refractivity (Wildman–Crippen MR) is 101 cm³/mol. The summed E-state index contributed by atoms with van der Waals surface area (Å²) in [5.41, 5.74) is 4.28. The summed E-state index contributed by atoms with van der Waals surface area (Å²) >= 11 is 0. The predicted octanol–water partition coefficient (Wildman–Crippen LogP) is 2.58. The highest BCUT2D eigenvalue weighted by Gasteiger charge is 2.27. The Morgan fingerprint density at radius 3 is 2.63 bits per heavy atom. The van der Waals surface area contributed by atoms with Crippen LogP contribution in [-0.2, 0) is 11.2 Å². The standard InChI is InChI=1S/C20H22N2O5/c1-13(10-14-8-9-15(24-2)18(11-14)25-3)21-22-20(23)19-12-26-16-6-4-5-7-17(16)27-19/h4-9,11,19H,10,12H2,1-3H3,(H,22,23)/b21-13-/t19-/m0/s1. The Morgan fingerprint density at radius 1 is 1.15 bits per heavy atom. The molecule has 0 radical (unpaired) electrons. The van der Waals surface area contributed by atoms with Crippen LogP contribution in [0.2, 0.25) is 0 Å². The number of para-hydroxylation sites is 2. The molecule has 1 amide bonds. The number of ether oxygens (including phenoxy) is 4. The molecule has 7 nitrogen and oxygen atoms in total. The fourth-order valence-corrected chi connectivity index (χ4v) is 2.70. The molecule has 2 aromatic carbocycles. The maximum atomic E-state index is 12.3. The van der Waals surface area contributed by atoms with Gasteiger partial charge in [0.2, 0.25) is 6.10 Å². The molecule has 1 heterocycles. The van der Waals surface area contributed by atoms with E-state index in [4.69, 9.17) is 18.9 Å². The first-order chi connectivity index (χ1) is 13.1. The van der Waals surface area contributed by atoms with Crippen molar-refractivity contribution in [3.63, 3.8) is 0 Å². The van der Waals surface area contributed by atoms with Gasteiger partial charge in [0.05, 0.1) is 14.2 Å². The lowest BCUT2D eigenvalue weighted by molar-refractivity contribution is -0.130. The zero-order chi connectivity index (χ0) is 19.2. The van der Waals surface area contributed by atoms with Gasteiger partial charge in [-0.2, -0.15) is 5.10 Å². The summed E-state index contributed by atoms with van der Waals surface area (Å²) in [6.07, 6.45) is -0.177. The summed E-state index contributed by atoms with van der Waals surface area (Å²) in [7, 11) is 3.18. The Labute approximate surface area is 157 Å². The van der Waals surface area contributed by atoms with Crippen molar-refractivity contribution in [2.45, 2.75) is 19.4 Å². The third-order valence-electron chi connectivity index (χ3n) is 4.07. The highest BCUT2D eigenvalue weighted by Crippen LogP contribution is 2.31. The van der Waals surface area contributed by atoms with Crippen LogP contribution in [0, 0.1) is 0 Å². The number of nitrogens with zero attached hydrogens (tertiary/aromatic N) is 1. The van der Waals surface area contributed by atoms with E-state index in [2.05, 4.69) is 10.5 Å². The molecule has 1 atom stereocenters. The molecule has 0 spiro atoms. The number of hydrogen-bond donors (Lipinski definition) is 1. The van der Waals surface area contributed by atoms with Crippen LogP contribution in [0.15, 0.2) is 47.6 Å². The Balaban J connectivity index is 1.58. The van der Waals surface area contributed by atoms with Crippen molar-refractivity contribution in [2.24, 2.45) is 5.10 Å². The third kappa shape index (κ3) is 4.49. The summed E-state index contributed by atoms with van der Waals surface area (Å²) in [6, 6.07) is 12.9. The normalized spacial score (nSPS) is 15.8. The van der Waals surface area contributed by atoms with E-state index >= 15 is 0 Å². The van der Waals surface area contributed by atoms with E-state index in [1.54, 1.807) is 26.4 Å². The lowest BCUT2D eigenvalue weighted by Gasteiger charge is -2.24. The molecule has 0 aromatic heterocycles. The van der Waals surface area contributed by atoms with Crippen LogP contribution in [-0.4, -0.2) is 38.5 Å². The molecule has 0 fully saturated rings. The summed E-state index contributed by atoms with van der Waals surface area (Å²) in [5, 5.41) is 4.16. The van der Waals surface area contributed by atoms with Crippen LogP contribution in [0.5, 0.6) is 23.0 Å². The smallest absolute Gasteiger partial charge is 0.284 e. The zero-order valence-corrected chi connectivity index (χ0v) is 15.5. The van der Waals surface area contributed by atoms with Gasteiger partial charge in [-0.1, -0.05) is 18.2 Å². The molecule has 0 unspecified atom stereocenters. The van der Waals surface area contributed by atoms with E-state index in [0.29, 0.717) is 29.4 Å². The van der Waals surface area contributed by atoms with Crippen molar-refractivity contribution in [2.75, 3.05) is 20.8 Å². The fraction of sp³-hybridized carbons (Fsp3) is 0.300. The average molecular weight is 370 g/mol.